The molecule has 0 fully saturated rings. The number of fused-ring (bicyclic) bond motifs is 1. The molecule has 0 aliphatic heterocycles. The van der Waals surface area contributed by atoms with Crippen molar-refractivity contribution in [2.75, 3.05) is 7.11 Å². The summed E-state index contributed by atoms with van der Waals surface area (Å²) in [6.45, 7) is 2.13. The van der Waals surface area contributed by atoms with Gasteiger partial charge in [0.05, 0.1) is 18.1 Å². The van der Waals surface area contributed by atoms with Crippen LogP contribution in [0.25, 0.3) is 11.0 Å². The minimum Gasteiger partial charge on any atom is -0.497 e. The van der Waals surface area contributed by atoms with Gasteiger partial charge in [-0.05, 0) is 30.2 Å². The highest BCUT2D eigenvalue weighted by atomic mass is 16.5. The highest BCUT2D eigenvalue weighted by molar-refractivity contribution is 5.76. The molecule has 0 unspecified atom stereocenters. The fourth-order valence-electron chi connectivity index (χ4n) is 2.24. The minimum absolute atomic E-state index is 0.823. The Labute approximate surface area is 112 Å². The lowest BCUT2D eigenvalue weighted by atomic mass is 10.1. The molecule has 3 nitrogen and oxygen atoms in total. The number of benzene rings is 2. The van der Waals surface area contributed by atoms with Crippen LogP contribution in [0.2, 0.25) is 0 Å². The molecule has 3 heteroatoms. The first kappa shape index (κ1) is 11.8. The second-order valence-electron chi connectivity index (χ2n) is 4.67. The Kier molecular flexibility index (Phi) is 2.95. The summed E-state index contributed by atoms with van der Waals surface area (Å²) in [4.78, 5) is 7.97. The van der Waals surface area contributed by atoms with Crippen molar-refractivity contribution >= 4 is 11.0 Å². The average Bonchev–Trinajstić information content (AvgIpc) is 2.82. The second kappa shape index (κ2) is 4.76. The number of H-pyrrole nitrogens is 1. The van der Waals surface area contributed by atoms with Gasteiger partial charge in [0, 0.05) is 12.5 Å². The quantitative estimate of drug-likeness (QED) is 0.775. The third-order valence-corrected chi connectivity index (χ3v) is 3.36. The number of aromatic nitrogens is 2. The zero-order valence-electron chi connectivity index (χ0n) is 11.1. The number of aryl methyl sites for hydroxylation is 1. The zero-order chi connectivity index (χ0) is 13.2. The summed E-state index contributed by atoms with van der Waals surface area (Å²) in [6.07, 6.45) is 0.823. The second-order valence-corrected chi connectivity index (χ2v) is 4.67. The Morgan fingerprint density at radius 2 is 2.00 bits per heavy atom. The number of aromatic amines is 1. The van der Waals surface area contributed by atoms with Gasteiger partial charge in [0.1, 0.15) is 11.6 Å². The molecule has 1 heterocycles. The van der Waals surface area contributed by atoms with E-state index in [9.17, 15) is 0 Å². The van der Waals surface area contributed by atoms with Crippen LogP contribution < -0.4 is 4.74 Å². The van der Waals surface area contributed by atoms with Gasteiger partial charge in [-0.3, -0.25) is 0 Å². The summed E-state index contributed by atoms with van der Waals surface area (Å²) in [5.41, 5.74) is 4.58. The molecule has 3 rings (SSSR count). The van der Waals surface area contributed by atoms with Crippen molar-refractivity contribution in [3.05, 3.63) is 59.4 Å². The van der Waals surface area contributed by atoms with Crippen molar-refractivity contribution in [1.29, 1.82) is 0 Å². The number of rotatable bonds is 3. The maximum Gasteiger partial charge on any atom is 0.121 e. The molecule has 19 heavy (non-hydrogen) atoms. The normalized spacial score (nSPS) is 10.8. The molecule has 2 aromatic carbocycles. The van der Waals surface area contributed by atoms with Gasteiger partial charge in [0.15, 0.2) is 0 Å². The van der Waals surface area contributed by atoms with Crippen molar-refractivity contribution in [3.63, 3.8) is 0 Å². The lowest BCUT2D eigenvalue weighted by Crippen LogP contribution is -1.93. The number of hydrogen-bond donors (Lipinski definition) is 1. The van der Waals surface area contributed by atoms with Gasteiger partial charge in [-0.25, -0.2) is 4.98 Å². The van der Waals surface area contributed by atoms with Crippen LogP contribution in [0.3, 0.4) is 0 Å². The molecule has 0 saturated carbocycles. The molecule has 0 radical (unpaired) electrons. The lowest BCUT2D eigenvalue weighted by Gasteiger charge is -2.02. The fraction of sp³-hybridized carbons (Fsp3) is 0.188. The number of nitrogens with zero attached hydrogens (tertiary/aromatic N) is 1. The van der Waals surface area contributed by atoms with Crippen LogP contribution in [0.4, 0.5) is 0 Å². The Bertz CT molecular complexity index is 716. The van der Waals surface area contributed by atoms with Gasteiger partial charge in [-0.15, -0.1) is 0 Å². The number of nitrogens with one attached hydrogen (secondary N) is 1. The molecule has 1 N–H and O–H groups in total. The van der Waals surface area contributed by atoms with Crippen LogP contribution in [0.1, 0.15) is 17.0 Å². The molecule has 0 saturated heterocycles. The van der Waals surface area contributed by atoms with Crippen molar-refractivity contribution in [1.82, 2.24) is 9.97 Å². The van der Waals surface area contributed by atoms with Gasteiger partial charge in [0.25, 0.3) is 0 Å². The third-order valence-electron chi connectivity index (χ3n) is 3.36. The molecular weight excluding hydrogens is 236 g/mol. The van der Waals surface area contributed by atoms with Crippen LogP contribution in [0.5, 0.6) is 5.75 Å². The first-order chi connectivity index (χ1) is 9.26. The van der Waals surface area contributed by atoms with Crippen LogP contribution in [0.15, 0.2) is 42.5 Å². The summed E-state index contributed by atoms with van der Waals surface area (Å²) in [5.74, 6) is 1.83. The highest BCUT2D eigenvalue weighted by Crippen LogP contribution is 2.20. The molecule has 0 amide bonds. The van der Waals surface area contributed by atoms with Gasteiger partial charge < -0.3 is 9.72 Å². The number of imidazole rings is 1. The Morgan fingerprint density at radius 1 is 1.16 bits per heavy atom. The molecular formula is C16H16N2O. The third kappa shape index (κ3) is 2.32. The van der Waals surface area contributed by atoms with E-state index in [2.05, 4.69) is 41.2 Å². The molecule has 0 aliphatic rings. The van der Waals surface area contributed by atoms with Gasteiger partial charge >= 0.3 is 0 Å². The maximum absolute atomic E-state index is 5.22. The molecule has 3 aromatic rings. The van der Waals surface area contributed by atoms with E-state index in [1.165, 1.54) is 11.1 Å². The van der Waals surface area contributed by atoms with Gasteiger partial charge in [0.2, 0.25) is 0 Å². The summed E-state index contributed by atoms with van der Waals surface area (Å²) in [7, 11) is 1.67. The topological polar surface area (TPSA) is 37.9 Å². The molecule has 1 aromatic heterocycles. The number of methoxy groups -OCH3 is 1. The average molecular weight is 252 g/mol. The summed E-state index contributed by atoms with van der Waals surface area (Å²) in [6, 6.07) is 14.3. The van der Waals surface area contributed by atoms with Crippen LogP contribution in [-0.2, 0) is 6.42 Å². The Morgan fingerprint density at radius 3 is 2.79 bits per heavy atom. The van der Waals surface area contributed by atoms with Crippen molar-refractivity contribution in [2.24, 2.45) is 0 Å². The van der Waals surface area contributed by atoms with E-state index in [4.69, 9.17) is 4.74 Å². The fourth-order valence-corrected chi connectivity index (χ4v) is 2.24. The smallest absolute Gasteiger partial charge is 0.121 e. The number of hydrogen-bond acceptors (Lipinski definition) is 2. The van der Waals surface area contributed by atoms with Crippen LogP contribution >= 0.6 is 0 Å². The Balaban J connectivity index is 1.95. The van der Waals surface area contributed by atoms with Gasteiger partial charge in [-0.1, -0.05) is 24.3 Å². The summed E-state index contributed by atoms with van der Waals surface area (Å²) >= 11 is 0. The Hall–Kier alpha value is -2.29. The molecule has 0 bridgehead atoms. The number of ether oxygens (including phenoxy) is 1. The van der Waals surface area contributed by atoms with Crippen LogP contribution in [0, 0.1) is 6.92 Å². The molecule has 0 aliphatic carbocycles. The van der Waals surface area contributed by atoms with Crippen molar-refractivity contribution in [2.45, 2.75) is 13.3 Å². The van der Waals surface area contributed by atoms with E-state index in [1.54, 1.807) is 7.11 Å². The van der Waals surface area contributed by atoms with Crippen molar-refractivity contribution in [3.8, 4) is 5.75 Å². The van der Waals surface area contributed by atoms with E-state index in [-0.39, 0.29) is 0 Å². The van der Waals surface area contributed by atoms with E-state index < -0.39 is 0 Å². The maximum atomic E-state index is 5.22. The largest absolute Gasteiger partial charge is 0.497 e. The van der Waals surface area contributed by atoms with Crippen LogP contribution in [-0.4, -0.2) is 17.1 Å². The zero-order valence-corrected chi connectivity index (χ0v) is 11.1. The van der Waals surface area contributed by atoms with E-state index in [0.717, 1.165) is 29.0 Å². The SMILES string of the molecule is COc1ccc2nc(Cc3ccccc3C)[nH]c2c1. The van der Waals surface area contributed by atoms with E-state index >= 15 is 0 Å². The predicted octanol–water partition coefficient (Wildman–Crippen LogP) is 3.47. The van der Waals surface area contributed by atoms with Gasteiger partial charge in [-0.2, -0.15) is 0 Å². The first-order valence-electron chi connectivity index (χ1n) is 6.33. The summed E-state index contributed by atoms with van der Waals surface area (Å²) in [5, 5.41) is 0. The molecule has 0 atom stereocenters. The predicted molar refractivity (Wildman–Crippen MR) is 76.6 cm³/mol. The van der Waals surface area contributed by atoms with E-state index in [1.807, 2.05) is 18.2 Å². The lowest BCUT2D eigenvalue weighted by molar-refractivity contribution is 0.415. The summed E-state index contributed by atoms with van der Waals surface area (Å²) < 4.78 is 5.22. The minimum atomic E-state index is 0.823. The molecule has 96 valence electrons. The van der Waals surface area contributed by atoms with E-state index in [0.29, 0.717) is 0 Å². The monoisotopic (exact) mass is 252 g/mol. The highest BCUT2D eigenvalue weighted by Gasteiger charge is 2.06. The standard InChI is InChI=1S/C16H16N2O/c1-11-5-3-4-6-12(11)9-16-17-14-8-7-13(19-2)10-15(14)18-16/h3-8,10H,9H2,1-2H3,(H,17,18). The van der Waals surface area contributed by atoms with Crippen molar-refractivity contribution < 1.29 is 4.74 Å². The first-order valence-corrected chi connectivity index (χ1v) is 6.33. The molecule has 0 spiro atoms.